The summed E-state index contributed by atoms with van der Waals surface area (Å²) in [5.41, 5.74) is 3.37. The van der Waals surface area contributed by atoms with E-state index in [1.165, 1.54) is 23.3 Å². The molecule has 3 rings (SSSR count). The van der Waals surface area contributed by atoms with Gasteiger partial charge in [0.1, 0.15) is 17.4 Å². The van der Waals surface area contributed by atoms with Gasteiger partial charge in [-0.2, -0.15) is 0 Å². The van der Waals surface area contributed by atoms with Crippen LogP contribution in [0.1, 0.15) is 48.4 Å². The van der Waals surface area contributed by atoms with Crippen molar-refractivity contribution < 1.29 is 13.5 Å². The van der Waals surface area contributed by atoms with Gasteiger partial charge in [0.25, 0.3) is 0 Å². The van der Waals surface area contributed by atoms with E-state index >= 15 is 0 Å². The highest BCUT2D eigenvalue weighted by Gasteiger charge is 2.26. The van der Waals surface area contributed by atoms with Crippen molar-refractivity contribution in [3.8, 4) is 5.75 Å². The lowest BCUT2D eigenvalue weighted by molar-refractivity contribution is 0.339. The molecule has 0 radical (unpaired) electrons. The van der Waals surface area contributed by atoms with Crippen molar-refractivity contribution in [2.75, 3.05) is 6.61 Å². The summed E-state index contributed by atoms with van der Waals surface area (Å²) in [6.45, 7) is 4.50. The van der Waals surface area contributed by atoms with Crippen LogP contribution in [0.15, 0.2) is 30.3 Å². The molecule has 1 nitrogen and oxygen atoms in total. The maximum Gasteiger partial charge on any atom is 0.129 e. The molecular weight excluding hydrogens is 294 g/mol. The van der Waals surface area contributed by atoms with Crippen molar-refractivity contribution in [3.63, 3.8) is 0 Å². The quantitative estimate of drug-likeness (QED) is 0.753. The van der Waals surface area contributed by atoms with Crippen molar-refractivity contribution >= 4 is 0 Å². The van der Waals surface area contributed by atoms with Crippen LogP contribution in [0.4, 0.5) is 8.78 Å². The standard InChI is InChI=1S/C20H22F2O/c1-3-13-9-18(21)20(19(22)10-13)16-6-5-15-12-17(23-4-2)8-7-14(15)11-16/h7-10,12,16H,3-6,11H2,1-2H3. The van der Waals surface area contributed by atoms with Crippen molar-refractivity contribution in [3.05, 3.63) is 64.2 Å². The minimum Gasteiger partial charge on any atom is -0.494 e. The SMILES string of the molecule is CCOc1ccc2c(c1)CCC(c1c(F)cc(CC)cc1F)C2. The molecule has 0 N–H and O–H groups in total. The summed E-state index contributed by atoms with van der Waals surface area (Å²) in [4.78, 5) is 0. The van der Waals surface area contributed by atoms with Crippen molar-refractivity contribution in [2.24, 2.45) is 0 Å². The summed E-state index contributed by atoms with van der Waals surface area (Å²) in [5, 5.41) is 0. The number of benzene rings is 2. The topological polar surface area (TPSA) is 9.23 Å². The molecule has 1 aliphatic rings. The Labute approximate surface area is 136 Å². The van der Waals surface area contributed by atoms with Gasteiger partial charge in [0.05, 0.1) is 6.61 Å². The first-order valence-electron chi connectivity index (χ1n) is 8.34. The predicted molar refractivity (Wildman–Crippen MR) is 88.1 cm³/mol. The van der Waals surface area contributed by atoms with E-state index in [1.807, 2.05) is 26.0 Å². The molecule has 0 bridgehead atoms. The van der Waals surface area contributed by atoms with Crippen LogP contribution < -0.4 is 4.74 Å². The van der Waals surface area contributed by atoms with Crippen LogP contribution >= 0.6 is 0 Å². The van der Waals surface area contributed by atoms with Crippen LogP contribution in [0, 0.1) is 11.6 Å². The maximum atomic E-state index is 14.4. The second kappa shape index (κ2) is 6.69. The summed E-state index contributed by atoms with van der Waals surface area (Å²) >= 11 is 0. The van der Waals surface area contributed by atoms with Gasteiger partial charge in [-0.1, -0.05) is 13.0 Å². The van der Waals surface area contributed by atoms with Gasteiger partial charge < -0.3 is 4.74 Å². The van der Waals surface area contributed by atoms with Gasteiger partial charge >= 0.3 is 0 Å². The Bertz CT molecular complexity index is 686. The molecule has 122 valence electrons. The zero-order valence-corrected chi connectivity index (χ0v) is 13.7. The highest BCUT2D eigenvalue weighted by atomic mass is 19.1. The van der Waals surface area contributed by atoms with Gasteiger partial charge in [0, 0.05) is 5.56 Å². The third-order valence-electron chi connectivity index (χ3n) is 4.67. The fourth-order valence-electron chi connectivity index (χ4n) is 3.47. The number of aryl methyl sites for hydroxylation is 2. The third kappa shape index (κ3) is 3.24. The van der Waals surface area contributed by atoms with Crippen LogP contribution in [0.3, 0.4) is 0 Å². The minimum absolute atomic E-state index is 0.0913. The fraction of sp³-hybridized carbons (Fsp3) is 0.400. The predicted octanol–water partition coefficient (Wildman–Crippen LogP) is 5.20. The molecule has 23 heavy (non-hydrogen) atoms. The van der Waals surface area contributed by atoms with Crippen molar-refractivity contribution in [1.29, 1.82) is 0 Å². The van der Waals surface area contributed by atoms with Crippen LogP contribution in [0.25, 0.3) is 0 Å². The Hall–Kier alpha value is -1.90. The molecule has 0 aliphatic heterocycles. The van der Waals surface area contributed by atoms with Gasteiger partial charge in [-0.3, -0.25) is 0 Å². The monoisotopic (exact) mass is 316 g/mol. The van der Waals surface area contributed by atoms with E-state index in [9.17, 15) is 8.78 Å². The molecule has 1 aliphatic carbocycles. The zero-order chi connectivity index (χ0) is 16.4. The lowest BCUT2D eigenvalue weighted by atomic mass is 9.79. The molecule has 1 atom stereocenters. The first-order chi connectivity index (χ1) is 11.1. The Morgan fingerprint density at radius 2 is 1.78 bits per heavy atom. The van der Waals surface area contributed by atoms with E-state index in [2.05, 4.69) is 6.07 Å². The Kier molecular flexibility index (Phi) is 4.65. The highest BCUT2D eigenvalue weighted by Crippen LogP contribution is 2.36. The Morgan fingerprint density at radius 1 is 1.04 bits per heavy atom. The second-order valence-electron chi connectivity index (χ2n) is 6.13. The third-order valence-corrected chi connectivity index (χ3v) is 4.67. The van der Waals surface area contributed by atoms with Gasteiger partial charge in [-0.05, 0) is 79.5 Å². The number of ether oxygens (including phenoxy) is 1. The van der Waals surface area contributed by atoms with Gasteiger partial charge in [0.2, 0.25) is 0 Å². The molecule has 1 unspecified atom stereocenters. The summed E-state index contributed by atoms with van der Waals surface area (Å²) in [6, 6.07) is 8.99. The number of rotatable bonds is 4. The second-order valence-corrected chi connectivity index (χ2v) is 6.13. The molecule has 0 aromatic heterocycles. The molecule has 3 heteroatoms. The van der Waals surface area contributed by atoms with E-state index in [1.54, 1.807) is 0 Å². The molecule has 0 spiro atoms. The smallest absolute Gasteiger partial charge is 0.129 e. The summed E-state index contributed by atoms with van der Waals surface area (Å²) in [7, 11) is 0. The highest BCUT2D eigenvalue weighted by molar-refractivity contribution is 5.40. The molecule has 0 fully saturated rings. The molecular formula is C20H22F2O. The zero-order valence-electron chi connectivity index (χ0n) is 13.7. The molecule has 0 amide bonds. The van der Waals surface area contributed by atoms with Gasteiger partial charge in [0.15, 0.2) is 0 Å². The van der Waals surface area contributed by atoms with Crippen LogP contribution in [-0.2, 0) is 19.3 Å². The number of hydrogen-bond donors (Lipinski definition) is 0. The lowest BCUT2D eigenvalue weighted by Crippen LogP contribution is -2.16. The van der Waals surface area contributed by atoms with E-state index in [0.29, 0.717) is 25.0 Å². The van der Waals surface area contributed by atoms with Crippen LogP contribution in [0.5, 0.6) is 5.75 Å². The number of hydrogen-bond acceptors (Lipinski definition) is 1. The van der Waals surface area contributed by atoms with E-state index in [4.69, 9.17) is 4.74 Å². The summed E-state index contributed by atoms with van der Waals surface area (Å²) in [6.07, 6.45) is 2.92. The lowest BCUT2D eigenvalue weighted by Gasteiger charge is -2.26. The average Bonchev–Trinajstić information content (AvgIpc) is 2.54. The summed E-state index contributed by atoms with van der Waals surface area (Å²) < 4.78 is 34.3. The molecule has 2 aromatic carbocycles. The van der Waals surface area contributed by atoms with Crippen molar-refractivity contribution in [2.45, 2.75) is 45.4 Å². The maximum absolute atomic E-state index is 14.4. The normalized spacial score (nSPS) is 17.0. The number of fused-ring (bicyclic) bond motifs is 1. The average molecular weight is 316 g/mol. The largest absolute Gasteiger partial charge is 0.494 e. The number of halogens is 2. The van der Waals surface area contributed by atoms with Crippen molar-refractivity contribution in [1.82, 2.24) is 0 Å². The molecule has 0 saturated heterocycles. The molecule has 2 aromatic rings. The van der Waals surface area contributed by atoms with E-state index in [-0.39, 0.29) is 11.5 Å². The van der Waals surface area contributed by atoms with Crippen LogP contribution in [-0.4, -0.2) is 6.61 Å². The van der Waals surface area contributed by atoms with Gasteiger partial charge in [-0.25, -0.2) is 8.78 Å². The Balaban J connectivity index is 1.88. The first-order valence-corrected chi connectivity index (χ1v) is 8.34. The van der Waals surface area contributed by atoms with Gasteiger partial charge in [-0.15, -0.1) is 0 Å². The van der Waals surface area contributed by atoms with E-state index in [0.717, 1.165) is 18.6 Å². The molecule has 0 saturated carbocycles. The van der Waals surface area contributed by atoms with E-state index < -0.39 is 11.6 Å². The fourth-order valence-corrected chi connectivity index (χ4v) is 3.47. The minimum atomic E-state index is -0.402. The molecule has 0 heterocycles. The Morgan fingerprint density at radius 3 is 2.43 bits per heavy atom. The van der Waals surface area contributed by atoms with Crippen LogP contribution in [0.2, 0.25) is 0 Å². The first kappa shape index (κ1) is 16.0. The summed E-state index contributed by atoms with van der Waals surface area (Å²) in [5.74, 6) is -0.0248.